The summed E-state index contributed by atoms with van der Waals surface area (Å²) in [7, 11) is -0.326. The van der Waals surface area contributed by atoms with E-state index in [2.05, 4.69) is 15.4 Å². The predicted octanol–water partition coefficient (Wildman–Crippen LogP) is 0.841. The fraction of sp³-hybridized carbons (Fsp3) is 0.462. The van der Waals surface area contributed by atoms with Crippen LogP contribution in [0.15, 0.2) is 23.1 Å². The lowest BCUT2D eigenvalue weighted by Crippen LogP contribution is -2.19. The summed E-state index contributed by atoms with van der Waals surface area (Å²) >= 11 is 0. The van der Waals surface area contributed by atoms with E-state index in [1.807, 2.05) is 14.0 Å². The Labute approximate surface area is 120 Å². The first-order valence-electron chi connectivity index (χ1n) is 6.39. The summed E-state index contributed by atoms with van der Waals surface area (Å²) in [5.41, 5.74) is 1.35. The molecule has 0 aliphatic heterocycles. The normalized spacial score (nSPS) is 11.3. The van der Waals surface area contributed by atoms with Crippen LogP contribution in [0.1, 0.15) is 18.4 Å². The largest absolute Gasteiger partial charge is 0.326 e. The third-order valence-corrected chi connectivity index (χ3v) is 4.30. The molecule has 1 amide bonds. The molecule has 6 nitrogen and oxygen atoms in total. The van der Waals surface area contributed by atoms with Crippen molar-refractivity contribution in [3.05, 3.63) is 23.8 Å². The molecule has 0 spiro atoms. The minimum absolute atomic E-state index is 0.123. The van der Waals surface area contributed by atoms with Gasteiger partial charge in [-0.2, -0.15) is 0 Å². The molecule has 20 heavy (non-hydrogen) atoms. The highest BCUT2D eigenvalue weighted by Gasteiger charge is 2.13. The number of amides is 1. The summed E-state index contributed by atoms with van der Waals surface area (Å²) in [6.45, 7) is 2.58. The van der Waals surface area contributed by atoms with E-state index in [9.17, 15) is 13.2 Å². The zero-order valence-electron chi connectivity index (χ0n) is 12.0. The van der Waals surface area contributed by atoms with Crippen molar-refractivity contribution >= 4 is 21.6 Å². The Balaban J connectivity index is 2.85. The average Bonchev–Trinajstić information content (AvgIpc) is 2.41. The van der Waals surface area contributed by atoms with Crippen LogP contribution in [0.4, 0.5) is 5.69 Å². The van der Waals surface area contributed by atoms with Crippen LogP contribution in [-0.4, -0.2) is 35.0 Å². The maximum absolute atomic E-state index is 11.8. The number of aryl methyl sites for hydroxylation is 1. The van der Waals surface area contributed by atoms with Gasteiger partial charge in [0, 0.05) is 12.1 Å². The second-order valence-corrected chi connectivity index (χ2v) is 6.33. The van der Waals surface area contributed by atoms with Crippen LogP contribution in [0.2, 0.25) is 0 Å². The number of hydrogen-bond acceptors (Lipinski definition) is 4. The first kappa shape index (κ1) is 16.6. The number of sulfonamides is 1. The van der Waals surface area contributed by atoms with Crippen molar-refractivity contribution in [3.63, 3.8) is 0 Å². The Morgan fingerprint density at radius 1 is 1.25 bits per heavy atom. The molecular formula is C13H21N3O3S. The third-order valence-electron chi connectivity index (χ3n) is 2.89. The van der Waals surface area contributed by atoms with E-state index in [1.165, 1.54) is 19.2 Å². The minimum atomic E-state index is -3.51. The van der Waals surface area contributed by atoms with E-state index < -0.39 is 10.0 Å². The third kappa shape index (κ3) is 4.59. The summed E-state index contributed by atoms with van der Waals surface area (Å²) in [6.07, 6.45) is 1.12. The average molecular weight is 299 g/mol. The van der Waals surface area contributed by atoms with Crippen molar-refractivity contribution in [1.29, 1.82) is 0 Å². The van der Waals surface area contributed by atoms with Crippen LogP contribution in [0.3, 0.4) is 0 Å². The van der Waals surface area contributed by atoms with Gasteiger partial charge in [0.2, 0.25) is 15.9 Å². The second-order valence-electron chi connectivity index (χ2n) is 4.44. The first-order valence-corrected chi connectivity index (χ1v) is 7.87. The molecule has 0 aromatic heterocycles. The van der Waals surface area contributed by atoms with Crippen molar-refractivity contribution in [3.8, 4) is 0 Å². The lowest BCUT2D eigenvalue weighted by molar-refractivity contribution is -0.116. The van der Waals surface area contributed by atoms with Gasteiger partial charge in [0.05, 0.1) is 4.90 Å². The topological polar surface area (TPSA) is 87.3 Å². The zero-order valence-corrected chi connectivity index (χ0v) is 12.8. The lowest BCUT2D eigenvalue weighted by atomic mass is 10.2. The van der Waals surface area contributed by atoms with Gasteiger partial charge in [0.1, 0.15) is 0 Å². The van der Waals surface area contributed by atoms with Crippen molar-refractivity contribution < 1.29 is 13.2 Å². The van der Waals surface area contributed by atoms with E-state index in [0.29, 0.717) is 12.1 Å². The Hall–Kier alpha value is -1.44. The maximum atomic E-state index is 11.8. The Kier molecular flexibility index (Phi) is 6.12. The molecule has 0 fully saturated rings. The van der Waals surface area contributed by atoms with Crippen molar-refractivity contribution in [1.82, 2.24) is 10.0 Å². The molecule has 0 aliphatic carbocycles. The monoisotopic (exact) mass is 299 g/mol. The van der Waals surface area contributed by atoms with Crippen molar-refractivity contribution in [2.45, 2.75) is 24.7 Å². The second kappa shape index (κ2) is 7.37. The van der Waals surface area contributed by atoms with E-state index in [-0.39, 0.29) is 10.8 Å². The molecule has 0 saturated carbocycles. The molecule has 3 N–H and O–H groups in total. The number of carbonyl (C=O) groups is 1. The molecule has 112 valence electrons. The van der Waals surface area contributed by atoms with Gasteiger partial charge in [0.15, 0.2) is 0 Å². The molecule has 0 heterocycles. The zero-order chi connectivity index (χ0) is 15.2. The number of anilines is 1. The van der Waals surface area contributed by atoms with Crippen LogP contribution < -0.4 is 15.4 Å². The van der Waals surface area contributed by atoms with Gasteiger partial charge in [0.25, 0.3) is 0 Å². The number of nitrogens with one attached hydrogen (secondary N) is 3. The molecule has 0 bridgehead atoms. The number of benzene rings is 1. The molecule has 0 atom stereocenters. The fourth-order valence-electron chi connectivity index (χ4n) is 1.66. The van der Waals surface area contributed by atoms with Gasteiger partial charge in [-0.15, -0.1) is 0 Å². The van der Waals surface area contributed by atoms with Crippen LogP contribution in [0.25, 0.3) is 0 Å². The molecule has 0 saturated heterocycles. The summed E-state index contributed by atoms with van der Waals surface area (Å²) in [5.74, 6) is -0.123. The van der Waals surface area contributed by atoms with Crippen LogP contribution in [0, 0.1) is 6.92 Å². The van der Waals surface area contributed by atoms with Gasteiger partial charge in [-0.25, -0.2) is 13.1 Å². The summed E-state index contributed by atoms with van der Waals surface area (Å²) in [6, 6.07) is 4.66. The molecule has 0 radical (unpaired) electrons. The van der Waals surface area contributed by atoms with Gasteiger partial charge < -0.3 is 10.6 Å². The Bertz CT molecular complexity index is 570. The first-order chi connectivity index (χ1) is 9.40. The van der Waals surface area contributed by atoms with Gasteiger partial charge in [-0.3, -0.25) is 4.79 Å². The van der Waals surface area contributed by atoms with E-state index in [4.69, 9.17) is 0 Å². The SMILES string of the molecule is CNCCCC(=O)Nc1cc(S(=O)(=O)NC)ccc1C. The van der Waals surface area contributed by atoms with E-state index in [1.54, 1.807) is 6.07 Å². The molecular weight excluding hydrogens is 278 g/mol. The fourth-order valence-corrected chi connectivity index (χ4v) is 2.42. The van der Waals surface area contributed by atoms with Gasteiger partial charge in [-0.1, -0.05) is 6.07 Å². The van der Waals surface area contributed by atoms with E-state index >= 15 is 0 Å². The van der Waals surface area contributed by atoms with Crippen LogP contribution in [0.5, 0.6) is 0 Å². The van der Waals surface area contributed by atoms with Crippen LogP contribution in [-0.2, 0) is 14.8 Å². The van der Waals surface area contributed by atoms with Crippen molar-refractivity contribution in [2.75, 3.05) is 26.0 Å². The molecule has 1 aromatic carbocycles. The van der Waals surface area contributed by atoms with E-state index in [0.717, 1.165) is 18.5 Å². The smallest absolute Gasteiger partial charge is 0.240 e. The standard InChI is InChI=1S/C13H21N3O3S/c1-10-6-7-11(20(18,19)15-3)9-12(10)16-13(17)5-4-8-14-2/h6-7,9,14-15H,4-5,8H2,1-3H3,(H,16,17). The predicted molar refractivity (Wildman–Crippen MR) is 79.2 cm³/mol. The van der Waals surface area contributed by atoms with Crippen molar-refractivity contribution in [2.24, 2.45) is 0 Å². The number of hydrogen-bond donors (Lipinski definition) is 3. The van der Waals surface area contributed by atoms with Gasteiger partial charge >= 0.3 is 0 Å². The summed E-state index contributed by atoms with van der Waals surface area (Å²) in [4.78, 5) is 11.9. The minimum Gasteiger partial charge on any atom is -0.326 e. The maximum Gasteiger partial charge on any atom is 0.240 e. The Morgan fingerprint density at radius 2 is 1.95 bits per heavy atom. The highest BCUT2D eigenvalue weighted by Crippen LogP contribution is 2.20. The molecule has 0 aliphatic rings. The summed E-state index contributed by atoms with van der Waals surface area (Å²) in [5, 5.41) is 5.71. The number of carbonyl (C=O) groups excluding carboxylic acids is 1. The molecule has 1 aromatic rings. The van der Waals surface area contributed by atoms with Crippen LogP contribution >= 0.6 is 0 Å². The highest BCUT2D eigenvalue weighted by molar-refractivity contribution is 7.89. The molecule has 7 heteroatoms. The Morgan fingerprint density at radius 3 is 2.55 bits per heavy atom. The quantitative estimate of drug-likeness (QED) is 0.651. The van der Waals surface area contributed by atoms with Gasteiger partial charge in [-0.05, 0) is 51.7 Å². The molecule has 1 rings (SSSR count). The lowest BCUT2D eigenvalue weighted by Gasteiger charge is -2.11. The summed E-state index contributed by atoms with van der Waals surface area (Å²) < 4.78 is 25.7. The molecule has 0 unspecified atom stereocenters. The highest BCUT2D eigenvalue weighted by atomic mass is 32.2. The number of rotatable bonds is 7.